The Labute approximate surface area is 109 Å². The molecule has 1 N–H and O–H groups in total. The van der Waals surface area contributed by atoms with E-state index >= 15 is 0 Å². The molecule has 0 atom stereocenters. The van der Waals surface area contributed by atoms with E-state index < -0.39 is 11.6 Å². The van der Waals surface area contributed by atoms with Crippen LogP contribution >= 0.6 is 0 Å². The lowest BCUT2D eigenvalue weighted by atomic mass is 10.1. The molecule has 1 aromatic carbocycles. The second-order valence-corrected chi connectivity index (χ2v) is 4.67. The predicted molar refractivity (Wildman–Crippen MR) is 66.5 cm³/mol. The van der Waals surface area contributed by atoms with Gasteiger partial charge in [0.05, 0.1) is 5.69 Å². The van der Waals surface area contributed by atoms with Gasteiger partial charge in [-0.3, -0.25) is 0 Å². The number of aromatic nitrogens is 2. The van der Waals surface area contributed by atoms with Crippen molar-refractivity contribution in [3.63, 3.8) is 0 Å². The molecule has 0 saturated carbocycles. The van der Waals surface area contributed by atoms with Crippen LogP contribution in [0.25, 0.3) is 0 Å². The molecule has 3 nitrogen and oxygen atoms in total. The highest BCUT2D eigenvalue weighted by molar-refractivity contribution is 5.30. The number of nitrogens with one attached hydrogen (secondary N) is 1. The van der Waals surface area contributed by atoms with Crippen LogP contribution in [-0.2, 0) is 19.5 Å². The van der Waals surface area contributed by atoms with Gasteiger partial charge in [0.2, 0.25) is 0 Å². The molecule has 0 aliphatic carbocycles. The largest absolute Gasteiger partial charge is 0.307 e. The van der Waals surface area contributed by atoms with Crippen molar-refractivity contribution in [1.29, 1.82) is 0 Å². The maximum absolute atomic E-state index is 13.6. The van der Waals surface area contributed by atoms with Crippen molar-refractivity contribution in [1.82, 2.24) is 15.3 Å². The first kappa shape index (κ1) is 12.2. The highest BCUT2D eigenvalue weighted by Crippen LogP contribution is 2.18. The first-order valence-electron chi connectivity index (χ1n) is 6.13. The molecule has 2 aromatic rings. The van der Waals surface area contributed by atoms with Crippen LogP contribution in [0, 0.1) is 18.6 Å². The van der Waals surface area contributed by atoms with E-state index in [0.717, 1.165) is 36.1 Å². The van der Waals surface area contributed by atoms with Crippen LogP contribution in [0.1, 0.15) is 28.3 Å². The quantitative estimate of drug-likeness (QED) is 0.901. The third kappa shape index (κ3) is 2.33. The number of hydrogen-bond acceptors (Lipinski definition) is 3. The number of aryl methyl sites for hydroxylation is 1. The Morgan fingerprint density at radius 1 is 1.21 bits per heavy atom. The van der Waals surface area contributed by atoms with Gasteiger partial charge in [-0.25, -0.2) is 18.7 Å². The Bertz CT molecular complexity index is 641. The number of rotatable bonds is 2. The van der Waals surface area contributed by atoms with Crippen LogP contribution < -0.4 is 5.32 Å². The average Bonchev–Trinajstić information content (AvgIpc) is 2.81. The SMILES string of the molecule is Cc1nc(Cc2ccc(F)cc2F)nc2c1CNC2. The van der Waals surface area contributed by atoms with Gasteiger partial charge >= 0.3 is 0 Å². The van der Waals surface area contributed by atoms with Crippen LogP contribution in [0.4, 0.5) is 8.78 Å². The normalized spacial score (nSPS) is 13.6. The highest BCUT2D eigenvalue weighted by atomic mass is 19.1. The van der Waals surface area contributed by atoms with E-state index in [4.69, 9.17) is 0 Å². The monoisotopic (exact) mass is 261 g/mol. The zero-order valence-electron chi connectivity index (χ0n) is 10.5. The van der Waals surface area contributed by atoms with E-state index in [2.05, 4.69) is 15.3 Å². The van der Waals surface area contributed by atoms with Gasteiger partial charge in [0.1, 0.15) is 17.5 Å². The zero-order valence-corrected chi connectivity index (χ0v) is 10.5. The van der Waals surface area contributed by atoms with E-state index in [1.165, 1.54) is 12.1 Å². The Kier molecular flexibility index (Phi) is 2.98. The summed E-state index contributed by atoms with van der Waals surface area (Å²) in [5.74, 6) is -0.554. The molecule has 2 heterocycles. The van der Waals surface area contributed by atoms with Crippen LogP contribution in [0.2, 0.25) is 0 Å². The molecule has 19 heavy (non-hydrogen) atoms. The standard InChI is InChI=1S/C14H13F2N3/c1-8-11-6-17-7-13(11)19-14(18-8)4-9-2-3-10(15)5-12(9)16/h2-3,5,17H,4,6-7H2,1H3. The van der Waals surface area contributed by atoms with Crippen molar-refractivity contribution in [2.24, 2.45) is 0 Å². The molecule has 1 aromatic heterocycles. The van der Waals surface area contributed by atoms with Crippen LogP contribution in [0.5, 0.6) is 0 Å². The summed E-state index contributed by atoms with van der Waals surface area (Å²) in [6.07, 6.45) is 0.278. The van der Waals surface area contributed by atoms with Crippen molar-refractivity contribution < 1.29 is 8.78 Å². The molecule has 5 heteroatoms. The first-order valence-corrected chi connectivity index (χ1v) is 6.13. The molecular formula is C14H13F2N3. The Hall–Kier alpha value is -1.88. The maximum atomic E-state index is 13.6. The summed E-state index contributed by atoms with van der Waals surface area (Å²) in [4.78, 5) is 8.83. The molecule has 0 bridgehead atoms. The molecule has 0 saturated heterocycles. The van der Waals surface area contributed by atoms with Crippen molar-refractivity contribution in [3.8, 4) is 0 Å². The van der Waals surface area contributed by atoms with Crippen molar-refractivity contribution in [3.05, 3.63) is 58.2 Å². The Morgan fingerprint density at radius 2 is 2.05 bits per heavy atom. The van der Waals surface area contributed by atoms with E-state index in [-0.39, 0.29) is 6.42 Å². The predicted octanol–water partition coefficient (Wildman–Crippen LogP) is 2.26. The molecular weight excluding hydrogens is 248 g/mol. The second-order valence-electron chi connectivity index (χ2n) is 4.67. The van der Waals surface area contributed by atoms with Gasteiger partial charge in [0.15, 0.2) is 0 Å². The molecule has 0 unspecified atom stereocenters. The summed E-state index contributed by atoms with van der Waals surface area (Å²) in [6.45, 7) is 3.43. The first-order chi connectivity index (χ1) is 9.13. The Balaban J connectivity index is 1.93. The summed E-state index contributed by atoms with van der Waals surface area (Å²) >= 11 is 0. The van der Waals surface area contributed by atoms with Gasteiger partial charge in [-0.2, -0.15) is 0 Å². The highest BCUT2D eigenvalue weighted by Gasteiger charge is 2.17. The van der Waals surface area contributed by atoms with E-state index in [9.17, 15) is 8.78 Å². The Morgan fingerprint density at radius 3 is 2.84 bits per heavy atom. The third-order valence-electron chi connectivity index (χ3n) is 3.30. The number of hydrogen-bond donors (Lipinski definition) is 1. The van der Waals surface area contributed by atoms with Gasteiger partial charge in [0, 0.05) is 36.8 Å². The molecule has 3 rings (SSSR count). The topological polar surface area (TPSA) is 37.8 Å². The van der Waals surface area contributed by atoms with Crippen molar-refractivity contribution >= 4 is 0 Å². The van der Waals surface area contributed by atoms with Crippen molar-refractivity contribution in [2.75, 3.05) is 0 Å². The fourth-order valence-electron chi connectivity index (χ4n) is 2.31. The minimum atomic E-state index is -0.573. The lowest BCUT2D eigenvalue weighted by Crippen LogP contribution is -2.05. The molecule has 0 radical (unpaired) electrons. The van der Waals surface area contributed by atoms with E-state index in [0.29, 0.717) is 11.4 Å². The van der Waals surface area contributed by atoms with Gasteiger partial charge in [-0.05, 0) is 18.6 Å². The lowest BCUT2D eigenvalue weighted by Gasteiger charge is -2.07. The van der Waals surface area contributed by atoms with E-state index in [1.807, 2.05) is 6.92 Å². The third-order valence-corrected chi connectivity index (χ3v) is 3.30. The lowest BCUT2D eigenvalue weighted by molar-refractivity contribution is 0.573. The van der Waals surface area contributed by atoms with E-state index in [1.54, 1.807) is 0 Å². The number of fused-ring (bicyclic) bond motifs is 1. The number of halogens is 2. The minimum absolute atomic E-state index is 0.278. The molecule has 1 aliphatic rings. The van der Waals surface area contributed by atoms with Gasteiger partial charge in [0.25, 0.3) is 0 Å². The summed E-state index contributed by atoms with van der Waals surface area (Å²) in [5, 5.41) is 3.21. The second kappa shape index (κ2) is 4.66. The summed E-state index contributed by atoms with van der Waals surface area (Å²) < 4.78 is 26.5. The van der Waals surface area contributed by atoms with Gasteiger partial charge in [-0.15, -0.1) is 0 Å². The smallest absolute Gasteiger partial charge is 0.133 e. The summed E-state index contributed by atoms with van der Waals surface area (Å²) in [6, 6.07) is 3.58. The summed E-state index contributed by atoms with van der Waals surface area (Å²) in [5.41, 5.74) is 3.44. The van der Waals surface area contributed by atoms with Crippen molar-refractivity contribution in [2.45, 2.75) is 26.4 Å². The van der Waals surface area contributed by atoms with Crippen LogP contribution in [0.3, 0.4) is 0 Å². The fourth-order valence-corrected chi connectivity index (χ4v) is 2.31. The fraction of sp³-hybridized carbons (Fsp3) is 0.286. The van der Waals surface area contributed by atoms with Gasteiger partial charge < -0.3 is 5.32 Å². The molecule has 0 amide bonds. The van der Waals surface area contributed by atoms with Crippen LogP contribution in [-0.4, -0.2) is 9.97 Å². The van der Waals surface area contributed by atoms with Crippen LogP contribution in [0.15, 0.2) is 18.2 Å². The molecule has 0 spiro atoms. The summed E-state index contributed by atoms with van der Waals surface area (Å²) in [7, 11) is 0. The molecule has 98 valence electrons. The zero-order chi connectivity index (χ0) is 13.4. The molecule has 0 fully saturated rings. The minimum Gasteiger partial charge on any atom is -0.307 e. The van der Waals surface area contributed by atoms with Gasteiger partial charge in [-0.1, -0.05) is 6.07 Å². The number of benzene rings is 1. The average molecular weight is 261 g/mol. The molecule has 1 aliphatic heterocycles. The maximum Gasteiger partial charge on any atom is 0.133 e. The number of nitrogens with zero attached hydrogens (tertiary/aromatic N) is 2.